The SMILES string of the molecule is CC(C)CC(CN)NS(=O)(=O)c1cnc2c(c1)c(=O)[nH]c(=O)n2C. The van der Waals surface area contributed by atoms with Crippen LogP contribution in [-0.4, -0.2) is 35.5 Å². The van der Waals surface area contributed by atoms with E-state index >= 15 is 0 Å². The van der Waals surface area contributed by atoms with Crippen LogP contribution < -0.4 is 21.7 Å². The molecule has 4 N–H and O–H groups in total. The first-order valence-electron chi connectivity index (χ1n) is 7.47. The number of aryl methyl sites for hydroxylation is 1. The van der Waals surface area contributed by atoms with Crippen LogP contribution in [0, 0.1) is 5.92 Å². The summed E-state index contributed by atoms with van der Waals surface area (Å²) in [5, 5.41) is 0.0214. The van der Waals surface area contributed by atoms with E-state index in [9.17, 15) is 18.0 Å². The van der Waals surface area contributed by atoms with Crippen LogP contribution >= 0.6 is 0 Å². The summed E-state index contributed by atoms with van der Waals surface area (Å²) >= 11 is 0. The summed E-state index contributed by atoms with van der Waals surface area (Å²) in [6.45, 7) is 4.09. The third kappa shape index (κ3) is 3.71. The van der Waals surface area contributed by atoms with Crippen molar-refractivity contribution in [1.82, 2.24) is 19.3 Å². The summed E-state index contributed by atoms with van der Waals surface area (Å²) in [7, 11) is -2.44. The Kier molecular flexibility index (Phi) is 5.21. The number of H-pyrrole nitrogens is 1. The van der Waals surface area contributed by atoms with E-state index in [-0.39, 0.29) is 28.4 Å². The number of hydrogen-bond acceptors (Lipinski definition) is 6. The largest absolute Gasteiger partial charge is 0.329 e. The van der Waals surface area contributed by atoms with Crippen molar-refractivity contribution >= 4 is 21.1 Å². The lowest BCUT2D eigenvalue weighted by Crippen LogP contribution is -2.41. The predicted molar refractivity (Wildman–Crippen MR) is 90.2 cm³/mol. The second-order valence-corrected chi connectivity index (χ2v) is 7.76. The number of nitrogens with two attached hydrogens (primary N) is 1. The van der Waals surface area contributed by atoms with Gasteiger partial charge in [0.05, 0.1) is 5.39 Å². The molecule has 0 saturated carbocycles. The smallest absolute Gasteiger partial charge is 0.329 e. The van der Waals surface area contributed by atoms with Crippen molar-refractivity contribution in [2.24, 2.45) is 18.7 Å². The van der Waals surface area contributed by atoms with Crippen LogP contribution in [0.5, 0.6) is 0 Å². The fourth-order valence-corrected chi connectivity index (χ4v) is 3.64. The predicted octanol–water partition coefficient (Wildman–Crippen LogP) is -0.726. The molecule has 24 heavy (non-hydrogen) atoms. The van der Waals surface area contributed by atoms with Gasteiger partial charge in [-0.15, -0.1) is 0 Å². The van der Waals surface area contributed by atoms with Crippen molar-refractivity contribution in [3.8, 4) is 0 Å². The van der Waals surface area contributed by atoms with Crippen LogP contribution in [0.1, 0.15) is 20.3 Å². The van der Waals surface area contributed by atoms with Gasteiger partial charge in [0, 0.05) is 25.8 Å². The highest BCUT2D eigenvalue weighted by Gasteiger charge is 2.21. The van der Waals surface area contributed by atoms with Gasteiger partial charge >= 0.3 is 5.69 Å². The van der Waals surface area contributed by atoms with E-state index in [1.807, 2.05) is 13.8 Å². The zero-order valence-electron chi connectivity index (χ0n) is 13.7. The number of fused-ring (bicyclic) bond motifs is 1. The van der Waals surface area contributed by atoms with Gasteiger partial charge in [0.15, 0.2) is 0 Å². The van der Waals surface area contributed by atoms with E-state index in [2.05, 4.69) is 14.7 Å². The Labute approximate surface area is 139 Å². The zero-order chi connectivity index (χ0) is 18.1. The molecule has 0 fully saturated rings. The quantitative estimate of drug-likeness (QED) is 0.624. The minimum absolute atomic E-state index is 0.0214. The monoisotopic (exact) mass is 355 g/mol. The highest BCUT2D eigenvalue weighted by Crippen LogP contribution is 2.14. The number of rotatable bonds is 6. The molecule has 10 heteroatoms. The third-order valence-corrected chi connectivity index (χ3v) is 5.09. The molecular formula is C14H21N5O4S. The molecule has 0 aromatic carbocycles. The first kappa shape index (κ1) is 18.3. The number of pyridine rings is 1. The molecule has 0 bridgehead atoms. The molecule has 0 aliphatic carbocycles. The second kappa shape index (κ2) is 6.83. The average Bonchev–Trinajstić information content (AvgIpc) is 2.50. The first-order valence-corrected chi connectivity index (χ1v) is 8.95. The van der Waals surface area contributed by atoms with Gasteiger partial charge in [-0.2, -0.15) is 0 Å². The Bertz CT molecular complexity index is 961. The van der Waals surface area contributed by atoms with Crippen molar-refractivity contribution in [3.05, 3.63) is 33.1 Å². The van der Waals surface area contributed by atoms with Crippen molar-refractivity contribution < 1.29 is 8.42 Å². The van der Waals surface area contributed by atoms with Crippen molar-refractivity contribution in [2.45, 2.75) is 31.2 Å². The van der Waals surface area contributed by atoms with Crippen LogP contribution in [-0.2, 0) is 17.1 Å². The molecule has 132 valence electrons. The van der Waals surface area contributed by atoms with E-state index in [0.717, 1.165) is 10.8 Å². The molecule has 1 atom stereocenters. The van der Waals surface area contributed by atoms with Crippen LogP contribution in [0.2, 0.25) is 0 Å². The Balaban J connectivity index is 2.48. The molecule has 1 unspecified atom stereocenters. The van der Waals surface area contributed by atoms with Crippen LogP contribution in [0.25, 0.3) is 11.0 Å². The molecule has 2 aromatic rings. The van der Waals surface area contributed by atoms with Crippen molar-refractivity contribution in [2.75, 3.05) is 6.54 Å². The van der Waals surface area contributed by atoms with Gasteiger partial charge in [0.1, 0.15) is 10.5 Å². The summed E-state index contributed by atoms with van der Waals surface area (Å²) in [6, 6.07) is 0.787. The number of nitrogens with one attached hydrogen (secondary N) is 2. The topological polar surface area (TPSA) is 140 Å². The number of sulfonamides is 1. The fraction of sp³-hybridized carbons (Fsp3) is 0.500. The molecule has 2 heterocycles. The number of aromatic nitrogens is 3. The Morgan fingerprint density at radius 3 is 2.62 bits per heavy atom. The minimum atomic E-state index is -3.88. The maximum Gasteiger partial charge on any atom is 0.329 e. The molecule has 2 rings (SSSR count). The lowest BCUT2D eigenvalue weighted by molar-refractivity contribution is 0.465. The van der Waals surface area contributed by atoms with Gasteiger partial charge in [0.2, 0.25) is 10.0 Å². The molecule has 0 spiro atoms. The van der Waals surface area contributed by atoms with Gasteiger partial charge < -0.3 is 5.73 Å². The molecule has 2 aromatic heterocycles. The molecule has 0 aliphatic heterocycles. The van der Waals surface area contributed by atoms with E-state index < -0.39 is 27.3 Å². The van der Waals surface area contributed by atoms with Crippen LogP contribution in [0.3, 0.4) is 0 Å². The van der Waals surface area contributed by atoms with Crippen molar-refractivity contribution in [1.29, 1.82) is 0 Å². The van der Waals surface area contributed by atoms with E-state index in [1.54, 1.807) is 0 Å². The number of hydrogen-bond donors (Lipinski definition) is 3. The lowest BCUT2D eigenvalue weighted by atomic mass is 10.1. The van der Waals surface area contributed by atoms with Crippen LogP contribution in [0.4, 0.5) is 0 Å². The Hall–Kier alpha value is -2.04. The highest BCUT2D eigenvalue weighted by atomic mass is 32.2. The highest BCUT2D eigenvalue weighted by molar-refractivity contribution is 7.89. The fourth-order valence-electron chi connectivity index (χ4n) is 2.41. The van der Waals surface area contributed by atoms with Gasteiger partial charge in [-0.3, -0.25) is 14.3 Å². The molecule has 0 saturated heterocycles. The Morgan fingerprint density at radius 1 is 1.38 bits per heavy atom. The standard InChI is InChI=1S/C14H21N5O4S/c1-8(2)4-9(6-15)18-24(22,23)10-5-11-12(16-7-10)19(3)14(21)17-13(11)20/h5,7-9,18H,4,6,15H2,1-3H3,(H,17,20,21). The normalized spacial score (nSPS) is 13.5. The number of aromatic amines is 1. The third-order valence-electron chi connectivity index (χ3n) is 3.60. The molecule has 0 radical (unpaired) electrons. The van der Waals surface area contributed by atoms with E-state index in [0.29, 0.717) is 6.42 Å². The van der Waals surface area contributed by atoms with E-state index in [4.69, 9.17) is 5.73 Å². The summed E-state index contributed by atoms with van der Waals surface area (Å²) in [4.78, 5) is 29.4. The molecular weight excluding hydrogens is 334 g/mol. The minimum Gasteiger partial charge on any atom is -0.329 e. The summed E-state index contributed by atoms with van der Waals surface area (Å²) in [6.07, 6.45) is 1.71. The maximum atomic E-state index is 12.5. The van der Waals surface area contributed by atoms with E-state index in [1.165, 1.54) is 13.1 Å². The molecule has 0 amide bonds. The summed E-state index contributed by atoms with van der Waals surface area (Å²) in [5.74, 6) is 0.272. The summed E-state index contributed by atoms with van der Waals surface area (Å²) < 4.78 is 28.7. The molecule has 0 aliphatic rings. The zero-order valence-corrected chi connectivity index (χ0v) is 14.6. The average molecular weight is 355 g/mol. The maximum absolute atomic E-state index is 12.5. The van der Waals surface area contributed by atoms with Gasteiger partial charge in [-0.25, -0.2) is 22.9 Å². The summed E-state index contributed by atoms with van der Waals surface area (Å²) in [5.41, 5.74) is 4.43. The Morgan fingerprint density at radius 2 is 2.04 bits per heavy atom. The van der Waals surface area contributed by atoms with Gasteiger partial charge in [-0.05, 0) is 18.4 Å². The molecule has 9 nitrogen and oxygen atoms in total. The van der Waals surface area contributed by atoms with Crippen molar-refractivity contribution in [3.63, 3.8) is 0 Å². The van der Waals surface area contributed by atoms with Gasteiger partial charge in [0.25, 0.3) is 5.56 Å². The van der Waals surface area contributed by atoms with Crippen LogP contribution in [0.15, 0.2) is 26.7 Å². The lowest BCUT2D eigenvalue weighted by Gasteiger charge is -2.18. The van der Waals surface area contributed by atoms with Gasteiger partial charge in [-0.1, -0.05) is 13.8 Å². The first-order chi connectivity index (χ1) is 11.2. The number of nitrogens with zero attached hydrogens (tertiary/aromatic N) is 2. The second-order valence-electron chi connectivity index (χ2n) is 6.04.